The number of rotatable bonds is 2. The van der Waals surface area contributed by atoms with Crippen molar-refractivity contribution in [1.29, 1.82) is 0 Å². The molecule has 0 aromatic carbocycles. The maximum absolute atomic E-state index is 12.0. The Labute approximate surface area is 100 Å². The normalized spacial score (nSPS) is 22.1. The number of carbonyl (C=O) groups excluding carboxylic acids is 1. The minimum atomic E-state index is -0.603. The van der Waals surface area contributed by atoms with E-state index in [0.29, 0.717) is 24.6 Å². The largest absolute Gasteiger partial charge is 0.386 e. The standard InChI is InChI=1S/C13H16N2O2/c1-9-2-3-10(6-14-9)12(16)15-7-13(17,8-15)11-4-5-11/h2-3,6,11,17H,4-5,7-8H2,1H3. The zero-order valence-corrected chi connectivity index (χ0v) is 9.89. The second-order valence-electron chi connectivity index (χ2n) is 5.23. The summed E-state index contributed by atoms with van der Waals surface area (Å²) in [5.41, 5.74) is 0.904. The van der Waals surface area contributed by atoms with Gasteiger partial charge in [-0.3, -0.25) is 9.78 Å². The Morgan fingerprint density at radius 3 is 2.71 bits per heavy atom. The molecule has 1 amide bonds. The lowest BCUT2D eigenvalue weighted by Gasteiger charge is -2.46. The number of amides is 1. The minimum absolute atomic E-state index is 0.0252. The van der Waals surface area contributed by atoms with Crippen LogP contribution in [-0.2, 0) is 0 Å². The van der Waals surface area contributed by atoms with Crippen molar-refractivity contribution >= 4 is 5.91 Å². The molecule has 1 aromatic rings. The highest BCUT2D eigenvalue weighted by molar-refractivity contribution is 5.94. The number of aliphatic hydroxyl groups is 1. The minimum Gasteiger partial charge on any atom is -0.386 e. The third kappa shape index (κ3) is 1.82. The van der Waals surface area contributed by atoms with Gasteiger partial charge in [0.15, 0.2) is 0 Å². The molecule has 0 spiro atoms. The van der Waals surface area contributed by atoms with Gasteiger partial charge in [-0.15, -0.1) is 0 Å². The number of aryl methyl sites for hydroxylation is 1. The van der Waals surface area contributed by atoms with Crippen molar-refractivity contribution in [2.24, 2.45) is 5.92 Å². The van der Waals surface area contributed by atoms with Gasteiger partial charge in [0.25, 0.3) is 5.91 Å². The van der Waals surface area contributed by atoms with Crippen molar-refractivity contribution in [2.45, 2.75) is 25.4 Å². The van der Waals surface area contributed by atoms with Crippen molar-refractivity contribution in [3.8, 4) is 0 Å². The van der Waals surface area contributed by atoms with Crippen LogP contribution in [0, 0.1) is 12.8 Å². The first-order valence-electron chi connectivity index (χ1n) is 6.03. The molecular weight excluding hydrogens is 216 g/mol. The molecule has 0 bridgehead atoms. The van der Waals surface area contributed by atoms with Crippen LogP contribution in [0.25, 0.3) is 0 Å². The zero-order chi connectivity index (χ0) is 12.0. The van der Waals surface area contributed by atoms with Gasteiger partial charge < -0.3 is 10.0 Å². The summed E-state index contributed by atoms with van der Waals surface area (Å²) in [7, 11) is 0. The van der Waals surface area contributed by atoms with E-state index in [-0.39, 0.29) is 5.91 Å². The quantitative estimate of drug-likeness (QED) is 0.827. The van der Waals surface area contributed by atoms with E-state index >= 15 is 0 Å². The van der Waals surface area contributed by atoms with Crippen LogP contribution in [-0.4, -0.2) is 39.6 Å². The van der Waals surface area contributed by atoms with E-state index < -0.39 is 5.60 Å². The summed E-state index contributed by atoms with van der Waals surface area (Å²) in [6.45, 7) is 2.85. The Bertz CT molecular complexity index is 445. The highest BCUT2D eigenvalue weighted by Gasteiger charge is 2.53. The number of carbonyl (C=O) groups is 1. The van der Waals surface area contributed by atoms with Crippen molar-refractivity contribution in [3.05, 3.63) is 29.6 Å². The molecule has 3 rings (SSSR count). The molecular formula is C13H16N2O2. The molecule has 0 unspecified atom stereocenters. The van der Waals surface area contributed by atoms with Crippen LogP contribution < -0.4 is 0 Å². The lowest BCUT2D eigenvalue weighted by atomic mass is 9.88. The van der Waals surface area contributed by atoms with E-state index in [4.69, 9.17) is 0 Å². The average molecular weight is 232 g/mol. The van der Waals surface area contributed by atoms with Gasteiger partial charge in [0.2, 0.25) is 0 Å². The fraction of sp³-hybridized carbons (Fsp3) is 0.538. The Morgan fingerprint density at radius 1 is 1.47 bits per heavy atom. The van der Waals surface area contributed by atoms with Crippen LogP contribution in [0.4, 0.5) is 0 Å². The first-order valence-corrected chi connectivity index (χ1v) is 6.03. The van der Waals surface area contributed by atoms with Gasteiger partial charge in [-0.05, 0) is 37.8 Å². The van der Waals surface area contributed by atoms with Crippen molar-refractivity contribution in [2.75, 3.05) is 13.1 Å². The number of hydrogen-bond donors (Lipinski definition) is 1. The number of aromatic nitrogens is 1. The molecule has 1 N–H and O–H groups in total. The molecule has 2 fully saturated rings. The van der Waals surface area contributed by atoms with E-state index in [1.165, 1.54) is 0 Å². The number of likely N-dealkylation sites (tertiary alicyclic amines) is 1. The SMILES string of the molecule is Cc1ccc(C(=O)N2CC(O)(C3CC3)C2)cn1. The van der Waals surface area contributed by atoms with Gasteiger partial charge in [-0.2, -0.15) is 0 Å². The summed E-state index contributed by atoms with van der Waals surface area (Å²) in [5.74, 6) is 0.394. The molecule has 0 radical (unpaired) electrons. The topological polar surface area (TPSA) is 53.4 Å². The Kier molecular flexibility index (Phi) is 2.23. The Morgan fingerprint density at radius 2 is 2.18 bits per heavy atom. The van der Waals surface area contributed by atoms with Crippen LogP contribution in [0.1, 0.15) is 28.9 Å². The van der Waals surface area contributed by atoms with Crippen molar-refractivity contribution in [3.63, 3.8) is 0 Å². The molecule has 4 heteroatoms. The number of β-amino-alcohol motifs (C(OH)–C–C–N with tert-alkyl or cyclic N) is 1. The van der Waals surface area contributed by atoms with E-state index in [9.17, 15) is 9.90 Å². The number of pyridine rings is 1. The van der Waals surface area contributed by atoms with Gasteiger partial charge in [0.05, 0.1) is 18.7 Å². The summed E-state index contributed by atoms with van der Waals surface area (Å²) in [5, 5.41) is 10.2. The third-order valence-electron chi connectivity index (χ3n) is 3.71. The second-order valence-corrected chi connectivity index (χ2v) is 5.23. The van der Waals surface area contributed by atoms with Gasteiger partial charge in [0, 0.05) is 11.9 Å². The van der Waals surface area contributed by atoms with Crippen molar-refractivity contribution in [1.82, 2.24) is 9.88 Å². The lowest BCUT2D eigenvalue weighted by molar-refractivity contribution is -0.0958. The van der Waals surface area contributed by atoms with E-state index in [0.717, 1.165) is 18.5 Å². The van der Waals surface area contributed by atoms with Crippen LogP contribution in [0.2, 0.25) is 0 Å². The first kappa shape index (κ1) is 10.7. The molecule has 1 saturated carbocycles. The monoisotopic (exact) mass is 232 g/mol. The summed E-state index contributed by atoms with van der Waals surface area (Å²) in [6.07, 6.45) is 3.81. The van der Waals surface area contributed by atoms with Gasteiger partial charge in [-0.1, -0.05) is 0 Å². The van der Waals surface area contributed by atoms with E-state index in [1.807, 2.05) is 13.0 Å². The summed E-state index contributed by atoms with van der Waals surface area (Å²) in [6, 6.07) is 3.62. The number of nitrogens with zero attached hydrogens (tertiary/aromatic N) is 2. The Hall–Kier alpha value is -1.42. The number of hydrogen-bond acceptors (Lipinski definition) is 3. The third-order valence-corrected chi connectivity index (χ3v) is 3.71. The molecule has 2 aliphatic rings. The highest BCUT2D eigenvalue weighted by Crippen LogP contribution is 2.44. The van der Waals surface area contributed by atoms with Crippen LogP contribution >= 0.6 is 0 Å². The summed E-state index contributed by atoms with van der Waals surface area (Å²) in [4.78, 5) is 17.9. The lowest BCUT2D eigenvalue weighted by Crippen LogP contribution is -2.64. The molecule has 0 atom stereocenters. The predicted octanol–water partition coefficient (Wildman–Crippen LogP) is 0.987. The zero-order valence-electron chi connectivity index (χ0n) is 9.89. The molecule has 4 nitrogen and oxygen atoms in total. The van der Waals surface area contributed by atoms with Crippen molar-refractivity contribution < 1.29 is 9.90 Å². The molecule has 1 saturated heterocycles. The van der Waals surface area contributed by atoms with Crippen LogP contribution in [0.15, 0.2) is 18.3 Å². The van der Waals surface area contributed by atoms with Gasteiger partial charge >= 0.3 is 0 Å². The van der Waals surface area contributed by atoms with E-state index in [2.05, 4.69) is 4.98 Å². The molecule has 1 aliphatic carbocycles. The second kappa shape index (κ2) is 3.53. The fourth-order valence-corrected chi connectivity index (χ4v) is 2.41. The molecule has 1 aromatic heterocycles. The van der Waals surface area contributed by atoms with Crippen LogP contribution in [0.5, 0.6) is 0 Å². The Balaban J connectivity index is 1.66. The highest BCUT2D eigenvalue weighted by atomic mass is 16.3. The summed E-state index contributed by atoms with van der Waals surface area (Å²) < 4.78 is 0. The first-order chi connectivity index (χ1) is 8.08. The average Bonchev–Trinajstić information content (AvgIpc) is 3.09. The van der Waals surface area contributed by atoms with Crippen LogP contribution in [0.3, 0.4) is 0 Å². The summed E-state index contributed by atoms with van der Waals surface area (Å²) >= 11 is 0. The van der Waals surface area contributed by atoms with E-state index in [1.54, 1.807) is 17.2 Å². The fourth-order valence-electron chi connectivity index (χ4n) is 2.41. The molecule has 17 heavy (non-hydrogen) atoms. The van der Waals surface area contributed by atoms with Gasteiger partial charge in [0.1, 0.15) is 5.60 Å². The predicted molar refractivity (Wildman–Crippen MR) is 62.6 cm³/mol. The molecule has 90 valence electrons. The van der Waals surface area contributed by atoms with Gasteiger partial charge in [-0.25, -0.2) is 0 Å². The maximum atomic E-state index is 12.0. The molecule has 1 aliphatic heterocycles. The molecule has 2 heterocycles. The smallest absolute Gasteiger partial charge is 0.255 e. The maximum Gasteiger partial charge on any atom is 0.255 e.